The maximum atomic E-state index is 11.1. The maximum absolute atomic E-state index is 11.1. The van der Waals surface area contributed by atoms with Gasteiger partial charge in [-0.1, -0.05) is 34.8 Å². The smallest absolute Gasteiger partial charge is 0.295 e. The van der Waals surface area contributed by atoms with Gasteiger partial charge in [-0.05, 0) is 49.4 Å². The van der Waals surface area contributed by atoms with Crippen molar-refractivity contribution in [1.82, 2.24) is 9.55 Å². The minimum atomic E-state index is -1.04. The molecule has 0 fully saturated rings. The lowest BCUT2D eigenvalue weighted by Gasteiger charge is -2.25. The van der Waals surface area contributed by atoms with Crippen molar-refractivity contribution in [2.75, 3.05) is 0 Å². The first-order chi connectivity index (χ1) is 15.2. The Labute approximate surface area is 199 Å². The molecule has 0 saturated heterocycles. The summed E-state index contributed by atoms with van der Waals surface area (Å²) < 4.78 is 13.5. The Bertz CT molecular complexity index is 1100. The van der Waals surface area contributed by atoms with Gasteiger partial charge in [0.05, 0.1) is 17.0 Å². The predicted octanol–water partition coefficient (Wildman–Crippen LogP) is 6.21. The molecule has 8 nitrogen and oxygen atoms in total. The second-order valence-electron chi connectivity index (χ2n) is 6.54. The molecule has 0 spiro atoms. The summed E-state index contributed by atoms with van der Waals surface area (Å²) in [5, 5.41) is 11.4. The number of nitrogens with zero attached hydrogens (tertiary/aromatic N) is 3. The molecule has 3 rings (SSSR count). The largest absolute Gasteiger partial charge is 0.455 e. The topological polar surface area (TPSA) is 88.7 Å². The van der Waals surface area contributed by atoms with Gasteiger partial charge in [-0.25, -0.2) is 4.98 Å². The molecule has 0 N–H and O–H groups in total. The Kier molecular flexibility index (Phi) is 7.84. The molecule has 0 aliphatic heterocycles. The number of rotatable bonds is 9. The number of hydrogen-bond acceptors (Lipinski definition) is 6. The van der Waals surface area contributed by atoms with Crippen LogP contribution in [0.15, 0.2) is 61.2 Å². The van der Waals surface area contributed by atoms with Crippen LogP contribution in [0.1, 0.15) is 19.4 Å². The fourth-order valence-electron chi connectivity index (χ4n) is 2.92. The molecule has 0 amide bonds. The van der Waals surface area contributed by atoms with Crippen molar-refractivity contribution in [3.63, 3.8) is 0 Å². The standard InChI is InChI=1S/C21H18Cl3N3O5/c1-13(32-27(28)29)20(26-10-9-25-12-26)21(18-8-5-16(23)11-19(18)24)31-14(2)30-17-6-3-15(22)4-7-17/h3-14H,1-2H3/b21-20-. The van der Waals surface area contributed by atoms with Gasteiger partial charge in [-0.3, -0.25) is 0 Å². The zero-order chi connectivity index (χ0) is 23.3. The summed E-state index contributed by atoms with van der Waals surface area (Å²) in [6.45, 7) is 3.18. The van der Waals surface area contributed by atoms with Gasteiger partial charge < -0.3 is 18.9 Å². The van der Waals surface area contributed by atoms with E-state index in [1.54, 1.807) is 54.1 Å². The Hall–Kier alpha value is -2.94. The zero-order valence-electron chi connectivity index (χ0n) is 16.9. The van der Waals surface area contributed by atoms with Gasteiger partial charge in [-0.2, -0.15) is 0 Å². The zero-order valence-corrected chi connectivity index (χ0v) is 19.2. The van der Waals surface area contributed by atoms with Gasteiger partial charge in [0.1, 0.15) is 11.9 Å². The van der Waals surface area contributed by atoms with Crippen molar-refractivity contribution in [2.24, 2.45) is 0 Å². The molecular formula is C21H18Cl3N3O5. The molecule has 2 atom stereocenters. The van der Waals surface area contributed by atoms with E-state index in [4.69, 9.17) is 49.1 Å². The van der Waals surface area contributed by atoms with E-state index >= 15 is 0 Å². The fourth-order valence-corrected chi connectivity index (χ4v) is 3.54. The monoisotopic (exact) mass is 497 g/mol. The van der Waals surface area contributed by atoms with E-state index in [0.717, 1.165) is 0 Å². The lowest BCUT2D eigenvalue weighted by Crippen LogP contribution is -2.23. The molecule has 2 aromatic carbocycles. The van der Waals surface area contributed by atoms with Crippen LogP contribution in [-0.4, -0.2) is 27.0 Å². The number of imidazole rings is 1. The molecule has 0 radical (unpaired) electrons. The summed E-state index contributed by atoms with van der Waals surface area (Å²) in [5.74, 6) is 0.711. The first kappa shape index (κ1) is 23.7. The van der Waals surface area contributed by atoms with Gasteiger partial charge in [-0.15, -0.1) is 10.1 Å². The molecule has 3 aromatic rings. The third-order valence-electron chi connectivity index (χ3n) is 4.22. The van der Waals surface area contributed by atoms with Gasteiger partial charge in [0, 0.05) is 34.9 Å². The second-order valence-corrected chi connectivity index (χ2v) is 7.82. The van der Waals surface area contributed by atoms with E-state index < -0.39 is 17.5 Å². The van der Waals surface area contributed by atoms with Crippen molar-refractivity contribution in [3.05, 3.63) is 91.9 Å². The number of benzene rings is 2. The summed E-state index contributed by atoms with van der Waals surface area (Å²) in [4.78, 5) is 19.9. The van der Waals surface area contributed by atoms with Crippen LogP contribution in [0.5, 0.6) is 5.75 Å². The predicted molar refractivity (Wildman–Crippen MR) is 122 cm³/mol. The maximum Gasteiger partial charge on any atom is 0.295 e. The van der Waals surface area contributed by atoms with Crippen LogP contribution in [0.2, 0.25) is 15.1 Å². The fraction of sp³-hybridized carbons (Fsp3) is 0.190. The molecule has 32 heavy (non-hydrogen) atoms. The lowest BCUT2D eigenvalue weighted by atomic mass is 10.1. The molecule has 0 bridgehead atoms. The van der Waals surface area contributed by atoms with E-state index in [2.05, 4.69) is 4.98 Å². The van der Waals surface area contributed by atoms with E-state index in [9.17, 15) is 10.1 Å². The van der Waals surface area contributed by atoms with Crippen LogP contribution in [0.4, 0.5) is 0 Å². The highest BCUT2D eigenvalue weighted by molar-refractivity contribution is 6.35. The van der Waals surface area contributed by atoms with E-state index in [1.165, 1.54) is 25.5 Å². The Balaban J connectivity index is 2.08. The Morgan fingerprint density at radius 3 is 2.38 bits per heavy atom. The van der Waals surface area contributed by atoms with Crippen LogP contribution in [0.25, 0.3) is 11.5 Å². The van der Waals surface area contributed by atoms with E-state index in [-0.39, 0.29) is 16.5 Å². The van der Waals surface area contributed by atoms with Gasteiger partial charge in [0.15, 0.2) is 5.76 Å². The van der Waals surface area contributed by atoms with Gasteiger partial charge in [0.2, 0.25) is 6.29 Å². The minimum Gasteiger partial charge on any atom is -0.455 e. The Morgan fingerprint density at radius 1 is 1.09 bits per heavy atom. The van der Waals surface area contributed by atoms with Crippen LogP contribution < -0.4 is 4.74 Å². The quantitative estimate of drug-likeness (QED) is 0.151. The van der Waals surface area contributed by atoms with Crippen molar-refractivity contribution in [2.45, 2.75) is 26.2 Å². The summed E-state index contributed by atoms with van der Waals surface area (Å²) in [6.07, 6.45) is 2.73. The van der Waals surface area contributed by atoms with Crippen molar-refractivity contribution < 1.29 is 19.4 Å². The normalized spacial score (nSPS) is 13.7. The van der Waals surface area contributed by atoms with Crippen LogP contribution >= 0.6 is 34.8 Å². The third-order valence-corrected chi connectivity index (χ3v) is 5.02. The molecule has 2 unspecified atom stereocenters. The summed E-state index contributed by atoms with van der Waals surface area (Å²) in [6, 6.07) is 11.6. The molecule has 11 heteroatoms. The highest BCUT2D eigenvalue weighted by atomic mass is 35.5. The summed E-state index contributed by atoms with van der Waals surface area (Å²) in [7, 11) is 0. The molecule has 0 aliphatic carbocycles. The number of hydrogen-bond donors (Lipinski definition) is 0. The number of aromatic nitrogens is 2. The molecule has 168 valence electrons. The lowest BCUT2D eigenvalue weighted by molar-refractivity contribution is -0.763. The third kappa shape index (κ3) is 6.06. The highest BCUT2D eigenvalue weighted by Crippen LogP contribution is 2.34. The molecule has 1 aromatic heterocycles. The minimum absolute atomic E-state index is 0.195. The molecular weight excluding hydrogens is 481 g/mol. The van der Waals surface area contributed by atoms with Crippen LogP contribution in [0.3, 0.4) is 0 Å². The molecule has 0 aliphatic rings. The SMILES string of the molecule is CC(O/C(=C(/C(C)O[N+](=O)[O-])n1ccnc1)c1ccc(Cl)cc1Cl)Oc1ccc(Cl)cc1. The highest BCUT2D eigenvalue weighted by Gasteiger charge is 2.25. The summed E-state index contributed by atoms with van der Waals surface area (Å²) >= 11 is 18.4. The van der Waals surface area contributed by atoms with Gasteiger partial charge >= 0.3 is 0 Å². The van der Waals surface area contributed by atoms with Crippen molar-refractivity contribution in [3.8, 4) is 5.75 Å². The first-order valence-electron chi connectivity index (χ1n) is 9.32. The van der Waals surface area contributed by atoms with E-state index in [0.29, 0.717) is 21.4 Å². The first-order valence-corrected chi connectivity index (χ1v) is 10.5. The molecule has 0 saturated carbocycles. The van der Waals surface area contributed by atoms with E-state index in [1.807, 2.05) is 0 Å². The van der Waals surface area contributed by atoms with Gasteiger partial charge in [0.25, 0.3) is 5.09 Å². The average molecular weight is 499 g/mol. The summed E-state index contributed by atoms with van der Waals surface area (Å²) in [5.41, 5.74) is 0.722. The average Bonchev–Trinajstić information content (AvgIpc) is 3.23. The number of halogens is 3. The Morgan fingerprint density at radius 2 is 1.78 bits per heavy atom. The van der Waals surface area contributed by atoms with Crippen molar-refractivity contribution >= 4 is 46.3 Å². The second kappa shape index (κ2) is 10.6. The van der Waals surface area contributed by atoms with Crippen LogP contribution in [0, 0.1) is 10.1 Å². The molecule has 1 heterocycles. The van der Waals surface area contributed by atoms with Crippen molar-refractivity contribution in [1.29, 1.82) is 0 Å². The number of ether oxygens (including phenoxy) is 2. The van der Waals surface area contributed by atoms with Crippen LogP contribution in [-0.2, 0) is 9.57 Å².